The van der Waals surface area contributed by atoms with E-state index in [4.69, 9.17) is 9.72 Å². The van der Waals surface area contributed by atoms with Crippen LogP contribution in [0.4, 0.5) is 0 Å². The zero-order valence-corrected chi connectivity index (χ0v) is 15.7. The Morgan fingerprint density at radius 2 is 1.88 bits per heavy atom. The van der Waals surface area contributed by atoms with Crippen LogP contribution in [0.2, 0.25) is 0 Å². The molecule has 126 valence electrons. The van der Waals surface area contributed by atoms with Gasteiger partial charge < -0.3 is 14.4 Å². The van der Waals surface area contributed by atoms with Gasteiger partial charge in [0.05, 0.1) is 13.7 Å². The maximum absolute atomic E-state index is 9.52. The molecule has 1 heterocycles. The molecule has 0 saturated heterocycles. The van der Waals surface area contributed by atoms with Crippen molar-refractivity contribution in [1.82, 2.24) is 9.55 Å². The number of aliphatic hydroxyl groups is 1. The summed E-state index contributed by atoms with van der Waals surface area (Å²) in [5.41, 5.74) is 4.05. The number of aromatic nitrogens is 2. The first-order chi connectivity index (χ1) is 11.6. The van der Waals surface area contributed by atoms with Gasteiger partial charge in [0.1, 0.15) is 22.6 Å². The molecule has 0 unspecified atom stereocenters. The Kier molecular flexibility index (Phi) is 4.92. The fraction of sp³-hybridized carbons (Fsp3) is 0.316. The highest BCUT2D eigenvalue weighted by atomic mass is 79.9. The second kappa shape index (κ2) is 6.95. The van der Waals surface area contributed by atoms with Gasteiger partial charge >= 0.3 is 0 Å². The van der Waals surface area contributed by atoms with E-state index in [1.807, 2.05) is 16.7 Å². The fourth-order valence-corrected chi connectivity index (χ4v) is 3.30. The van der Waals surface area contributed by atoms with E-state index in [9.17, 15) is 5.11 Å². The van der Waals surface area contributed by atoms with Crippen LogP contribution < -0.4 is 4.74 Å². The van der Waals surface area contributed by atoms with Crippen LogP contribution in [0.1, 0.15) is 25.3 Å². The Morgan fingerprint density at radius 3 is 2.46 bits per heavy atom. The zero-order chi connectivity index (χ0) is 17.3. The minimum absolute atomic E-state index is 0.0399. The van der Waals surface area contributed by atoms with Gasteiger partial charge in [-0.3, -0.25) is 0 Å². The molecule has 5 heteroatoms. The van der Waals surface area contributed by atoms with Crippen molar-refractivity contribution in [3.63, 3.8) is 0 Å². The minimum atomic E-state index is 0.0399. The van der Waals surface area contributed by atoms with Crippen molar-refractivity contribution in [3.05, 3.63) is 46.4 Å². The van der Waals surface area contributed by atoms with Crippen LogP contribution in [0.25, 0.3) is 22.4 Å². The summed E-state index contributed by atoms with van der Waals surface area (Å²) >= 11 is 3.57. The standard InChI is InChI=1S/C19H21BrN2O2/c1-12(2)13-4-6-14(7-5-13)19-21-17-15(20)8-9-16(24-3)18(17)22(19)10-11-23/h4-9,12,23H,10-11H2,1-3H3. The number of halogens is 1. The number of hydrogen-bond acceptors (Lipinski definition) is 3. The van der Waals surface area contributed by atoms with Gasteiger partial charge in [0.2, 0.25) is 0 Å². The third-order valence-electron chi connectivity index (χ3n) is 4.19. The van der Waals surface area contributed by atoms with E-state index in [0.29, 0.717) is 12.5 Å². The lowest BCUT2D eigenvalue weighted by Crippen LogP contribution is -2.05. The number of hydrogen-bond donors (Lipinski definition) is 1. The highest BCUT2D eigenvalue weighted by Crippen LogP contribution is 2.35. The maximum atomic E-state index is 9.52. The number of rotatable bonds is 5. The molecule has 1 aromatic heterocycles. The number of fused-ring (bicyclic) bond motifs is 1. The summed E-state index contributed by atoms with van der Waals surface area (Å²) in [6, 6.07) is 12.3. The summed E-state index contributed by atoms with van der Waals surface area (Å²) in [4.78, 5) is 4.81. The van der Waals surface area contributed by atoms with Gasteiger partial charge in [0.25, 0.3) is 0 Å². The van der Waals surface area contributed by atoms with Gasteiger partial charge in [-0.2, -0.15) is 0 Å². The topological polar surface area (TPSA) is 47.3 Å². The van der Waals surface area contributed by atoms with Gasteiger partial charge in [-0.05, 0) is 39.5 Å². The van der Waals surface area contributed by atoms with Crippen molar-refractivity contribution in [3.8, 4) is 17.1 Å². The van der Waals surface area contributed by atoms with E-state index in [1.165, 1.54) is 5.56 Å². The summed E-state index contributed by atoms with van der Waals surface area (Å²) in [6.07, 6.45) is 0. The van der Waals surface area contributed by atoms with Crippen molar-refractivity contribution in [2.45, 2.75) is 26.3 Å². The van der Waals surface area contributed by atoms with E-state index in [1.54, 1.807) is 7.11 Å². The summed E-state index contributed by atoms with van der Waals surface area (Å²) in [5.74, 6) is 2.07. The number of imidazole rings is 1. The first-order valence-corrected chi connectivity index (χ1v) is 8.80. The lowest BCUT2D eigenvalue weighted by molar-refractivity contribution is 0.278. The second-order valence-electron chi connectivity index (χ2n) is 6.03. The number of methoxy groups -OCH3 is 1. The van der Waals surface area contributed by atoms with Crippen LogP contribution in [-0.4, -0.2) is 28.4 Å². The number of benzene rings is 2. The molecule has 3 rings (SSSR count). The first-order valence-electron chi connectivity index (χ1n) is 8.00. The minimum Gasteiger partial charge on any atom is -0.494 e. The Hall–Kier alpha value is -1.85. The molecule has 0 aliphatic carbocycles. The number of ether oxygens (including phenoxy) is 1. The SMILES string of the molecule is COc1ccc(Br)c2nc(-c3ccc(C(C)C)cc3)n(CCO)c12. The maximum Gasteiger partial charge on any atom is 0.144 e. The summed E-state index contributed by atoms with van der Waals surface area (Å²) in [5, 5.41) is 9.52. The van der Waals surface area contributed by atoms with Gasteiger partial charge in [-0.1, -0.05) is 38.1 Å². The van der Waals surface area contributed by atoms with E-state index < -0.39 is 0 Å². The highest BCUT2D eigenvalue weighted by Gasteiger charge is 2.18. The van der Waals surface area contributed by atoms with E-state index in [2.05, 4.69) is 54.0 Å². The van der Waals surface area contributed by atoms with Crippen molar-refractivity contribution >= 4 is 27.0 Å². The molecule has 0 atom stereocenters. The quantitative estimate of drug-likeness (QED) is 0.694. The van der Waals surface area contributed by atoms with Gasteiger partial charge in [-0.15, -0.1) is 0 Å². The summed E-state index contributed by atoms with van der Waals surface area (Å²) in [7, 11) is 1.65. The smallest absolute Gasteiger partial charge is 0.144 e. The lowest BCUT2D eigenvalue weighted by atomic mass is 10.0. The molecule has 2 aromatic carbocycles. The molecule has 24 heavy (non-hydrogen) atoms. The predicted octanol–water partition coefficient (Wildman–Crippen LogP) is 4.59. The second-order valence-corrected chi connectivity index (χ2v) is 6.89. The van der Waals surface area contributed by atoms with Crippen LogP contribution in [0, 0.1) is 0 Å². The average molecular weight is 389 g/mol. The summed E-state index contributed by atoms with van der Waals surface area (Å²) < 4.78 is 8.44. The third kappa shape index (κ3) is 2.94. The van der Waals surface area contributed by atoms with Crippen LogP contribution in [0.5, 0.6) is 5.75 Å². The van der Waals surface area contributed by atoms with Crippen molar-refractivity contribution in [1.29, 1.82) is 0 Å². The molecule has 1 N–H and O–H groups in total. The van der Waals surface area contributed by atoms with Crippen LogP contribution in [-0.2, 0) is 6.54 Å². The van der Waals surface area contributed by atoms with Gasteiger partial charge in [0.15, 0.2) is 0 Å². The summed E-state index contributed by atoms with van der Waals surface area (Å²) in [6.45, 7) is 4.86. The largest absolute Gasteiger partial charge is 0.494 e. The zero-order valence-electron chi connectivity index (χ0n) is 14.1. The molecular formula is C19H21BrN2O2. The van der Waals surface area contributed by atoms with Crippen molar-refractivity contribution < 1.29 is 9.84 Å². The lowest BCUT2D eigenvalue weighted by Gasteiger charge is -2.11. The molecule has 4 nitrogen and oxygen atoms in total. The Labute approximate surface area is 150 Å². The van der Waals surface area contributed by atoms with E-state index >= 15 is 0 Å². The monoisotopic (exact) mass is 388 g/mol. The predicted molar refractivity (Wildman–Crippen MR) is 101 cm³/mol. The normalized spacial score (nSPS) is 11.4. The number of nitrogens with zero attached hydrogens (tertiary/aromatic N) is 2. The molecule has 0 spiro atoms. The molecule has 0 aliphatic rings. The molecule has 0 radical (unpaired) electrons. The first kappa shape index (κ1) is 17.0. The Morgan fingerprint density at radius 1 is 1.17 bits per heavy atom. The van der Waals surface area contributed by atoms with Crippen LogP contribution in [0.15, 0.2) is 40.9 Å². The Bertz CT molecular complexity index is 854. The van der Waals surface area contributed by atoms with E-state index in [-0.39, 0.29) is 6.61 Å². The molecule has 0 aliphatic heterocycles. The third-order valence-corrected chi connectivity index (χ3v) is 4.83. The highest BCUT2D eigenvalue weighted by molar-refractivity contribution is 9.10. The van der Waals surface area contributed by atoms with Gasteiger partial charge in [0, 0.05) is 16.6 Å². The fourth-order valence-electron chi connectivity index (χ4n) is 2.90. The van der Waals surface area contributed by atoms with E-state index in [0.717, 1.165) is 32.6 Å². The van der Waals surface area contributed by atoms with Crippen molar-refractivity contribution in [2.24, 2.45) is 0 Å². The molecule has 0 saturated carbocycles. The molecule has 0 bridgehead atoms. The Balaban J connectivity index is 2.23. The molecule has 3 aromatic rings. The molecular weight excluding hydrogens is 368 g/mol. The number of aliphatic hydroxyl groups excluding tert-OH is 1. The van der Waals surface area contributed by atoms with Crippen LogP contribution >= 0.6 is 15.9 Å². The van der Waals surface area contributed by atoms with Gasteiger partial charge in [-0.25, -0.2) is 4.98 Å². The molecule has 0 fully saturated rings. The molecule has 0 amide bonds. The van der Waals surface area contributed by atoms with Crippen molar-refractivity contribution in [2.75, 3.05) is 13.7 Å². The van der Waals surface area contributed by atoms with Crippen LogP contribution in [0.3, 0.4) is 0 Å². The average Bonchev–Trinajstić information content (AvgIpc) is 2.96.